The zero-order chi connectivity index (χ0) is 18.3. The SMILES string of the molecule is COc1ccc(F)c2[nH]c(-c3noc(CN4CCN(C)C(=O)C4)n3)cc12. The van der Waals surface area contributed by atoms with Crippen LogP contribution in [-0.2, 0) is 11.3 Å². The van der Waals surface area contributed by atoms with Gasteiger partial charge in [-0.15, -0.1) is 0 Å². The van der Waals surface area contributed by atoms with Gasteiger partial charge in [0.05, 0.1) is 31.4 Å². The standard InChI is InChI=1S/C17H18FN5O3/c1-22-5-6-23(9-15(22)24)8-14-20-17(21-26-14)12-7-10-13(25-2)4-3-11(18)16(10)19-12/h3-4,7,19H,5-6,8-9H2,1-2H3. The number of methoxy groups -OCH3 is 1. The Morgan fingerprint density at radius 2 is 2.23 bits per heavy atom. The van der Waals surface area contributed by atoms with Gasteiger partial charge < -0.3 is 19.1 Å². The maximum absolute atomic E-state index is 14.0. The molecule has 0 atom stereocenters. The number of nitrogens with zero attached hydrogens (tertiary/aromatic N) is 4. The summed E-state index contributed by atoms with van der Waals surface area (Å²) in [5.74, 6) is 0.978. The number of carbonyl (C=O) groups is 1. The van der Waals surface area contributed by atoms with Gasteiger partial charge in [0.1, 0.15) is 11.6 Å². The highest BCUT2D eigenvalue weighted by Gasteiger charge is 2.23. The number of carbonyl (C=O) groups excluding carboxylic acids is 1. The number of fused-ring (bicyclic) bond motifs is 1. The van der Waals surface area contributed by atoms with E-state index in [4.69, 9.17) is 9.26 Å². The Kier molecular flexibility index (Phi) is 4.08. The first-order valence-corrected chi connectivity index (χ1v) is 8.19. The Morgan fingerprint density at radius 1 is 1.38 bits per heavy atom. The summed E-state index contributed by atoms with van der Waals surface area (Å²) < 4.78 is 24.6. The van der Waals surface area contributed by atoms with Gasteiger partial charge in [0, 0.05) is 25.5 Å². The molecule has 1 amide bonds. The van der Waals surface area contributed by atoms with Crippen molar-refractivity contribution in [2.45, 2.75) is 6.54 Å². The van der Waals surface area contributed by atoms with Gasteiger partial charge in [-0.25, -0.2) is 4.39 Å². The van der Waals surface area contributed by atoms with Gasteiger partial charge >= 0.3 is 0 Å². The molecular formula is C17H18FN5O3. The summed E-state index contributed by atoms with van der Waals surface area (Å²) in [7, 11) is 3.32. The lowest BCUT2D eigenvalue weighted by Gasteiger charge is -2.30. The number of rotatable bonds is 4. The first-order valence-electron chi connectivity index (χ1n) is 8.19. The molecule has 9 heteroatoms. The van der Waals surface area contributed by atoms with Crippen molar-refractivity contribution >= 4 is 16.8 Å². The lowest BCUT2D eigenvalue weighted by molar-refractivity contribution is -0.134. The van der Waals surface area contributed by atoms with Gasteiger partial charge in [0.2, 0.25) is 17.6 Å². The van der Waals surface area contributed by atoms with Crippen molar-refractivity contribution in [2.75, 3.05) is 33.8 Å². The molecule has 1 fully saturated rings. The largest absolute Gasteiger partial charge is 0.496 e. The molecule has 0 saturated carbocycles. The maximum Gasteiger partial charge on any atom is 0.241 e. The number of piperazine rings is 1. The van der Waals surface area contributed by atoms with Gasteiger partial charge in [-0.05, 0) is 18.2 Å². The molecule has 1 aliphatic heterocycles. The number of nitrogens with one attached hydrogen (secondary N) is 1. The van der Waals surface area contributed by atoms with Gasteiger partial charge in [0.25, 0.3) is 0 Å². The van der Waals surface area contributed by atoms with Crippen molar-refractivity contribution in [3.8, 4) is 17.3 Å². The number of H-pyrrole nitrogens is 1. The summed E-state index contributed by atoms with van der Waals surface area (Å²) >= 11 is 0. The van der Waals surface area contributed by atoms with Crippen LogP contribution in [0.25, 0.3) is 22.4 Å². The van der Waals surface area contributed by atoms with E-state index >= 15 is 0 Å². The summed E-state index contributed by atoms with van der Waals surface area (Å²) in [5, 5.41) is 4.57. The van der Waals surface area contributed by atoms with E-state index in [-0.39, 0.29) is 11.7 Å². The van der Waals surface area contributed by atoms with Crippen LogP contribution in [0.4, 0.5) is 4.39 Å². The van der Waals surface area contributed by atoms with Crippen molar-refractivity contribution < 1.29 is 18.4 Å². The van der Waals surface area contributed by atoms with Crippen LogP contribution >= 0.6 is 0 Å². The molecule has 136 valence electrons. The van der Waals surface area contributed by atoms with Crippen LogP contribution < -0.4 is 4.74 Å². The Labute approximate surface area is 148 Å². The molecule has 4 rings (SSSR count). The molecule has 3 heterocycles. The van der Waals surface area contributed by atoms with Crippen molar-refractivity contribution in [3.63, 3.8) is 0 Å². The van der Waals surface area contributed by atoms with Crippen molar-refractivity contribution in [2.24, 2.45) is 0 Å². The van der Waals surface area contributed by atoms with Crippen LogP contribution in [0, 0.1) is 5.82 Å². The number of likely N-dealkylation sites (N-methyl/N-ethyl adjacent to an activating group) is 1. The fraction of sp³-hybridized carbons (Fsp3) is 0.353. The fourth-order valence-electron chi connectivity index (χ4n) is 3.02. The van der Waals surface area contributed by atoms with E-state index in [1.54, 1.807) is 24.1 Å². The van der Waals surface area contributed by atoms with Crippen LogP contribution in [0.2, 0.25) is 0 Å². The third kappa shape index (κ3) is 2.90. The summed E-state index contributed by atoms with van der Waals surface area (Å²) in [6.07, 6.45) is 0. The lowest BCUT2D eigenvalue weighted by atomic mass is 10.2. The van der Waals surface area contributed by atoms with E-state index < -0.39 is 0 Å². The topological polar surface area (TPSA) is 87.5 Å². The van der Waals surface area contributed by atoms with Gasteiger partial charge in [-0.3, -0.25) is 9.69 Å². The second kappa shape index (κ2) is 6.41. The van der Waals surface area contributed by atoms with E-state index in [0.29, 0.717) is 53.7 Å². The number of hydrogen-bond donors (Lipinski definition) is 1. The molecule has 1 aliphatic rings. The molecule has 26 heavy (non-hydrogen) atoms. The van der Waals surface area contributed by atoms with E-state index in [1.807, 2.05) is 4.90 Å². The second-order valence-corrected chi connectivity index (χ2v) is 6.26. The highest BCUT2D eigenvalue weighted by Crippen LogP contribution is 2.31. The third-order valence-electron chi connectivity index (χ3n) is 4.53. The number of amides is 1. The molecule has 0 radical (unpaired) electrons. The van der Waals surface area contributed by atoms with Crippen LogP contribution in [-0.4, -0.2) is 64.6 Å². The number of halogens is 1. The lowest BCUT2D eigenvalue weighted by Crippen LogP contribution is -2.48. The number of ether oxygens (including phenoxy) is 1. The van der Waals surface area contributed by atoms with Crippen LogP contribution in [0.3, 0.4) is 0 Å². The molecule has 0 unspecified atom stereocenters. The van der Waals surface area contributed by atoms with E-state index in [2.05, 4.69) is 15.1 Å². The predicted molar refractivity (Wildman–Crippen MR) is 91.0 cm³/mol. The summed E-state index contributed by atoms with van der Waals surface area (Å²) in [4.78, 5) is 22.8. The summed E-state index contributed by atoms with van der Waals surface area (Å²) in [5.41, 5.74) is 0.864. The van der Waals surface area contributed by atoms with Gasteiger partial charge in [0.15, 0.2) is 0 Å². The molecule has 8 nitrogen and oxygen atoms in total. The molecule has 0 spiro atoms. The first-order chi connectivity index (χ1) is 12.5. The molecule has 1 saturated heterocycles. The van der Waals surface area contributed by atoms with E-state index in [1.165, 1.54) is 13.2 Å². The molecule has 1 aromatic carbocycles. The van der Waals surface area contributed by atoms with Crippen molar-refractivity contribution in [1.29, 1.82) is 0 Å². The Balaban J connectivity index is 1.57. The van der Waals surface area contributed by atoms with Crippen LogP contribution in [0.1, 0.15) is 5.89 Å². The number of hydrogen-bond acceptors (Lipinski definition) is 6. The quantitative estimate of drug-likeness (QED) is 0.762. The van der Waals surface area contributed by atoms with Crippen molar-refractivity contribution in [3.05, 3.63) is 29.9 Å². The molecule has 0 bridgehead atoms. The van der Waals surface area contributed by atoms with Crippen LogP contribution in [0.5, 0.6) is 5.75 Å². The molecular weight excluding hydrogens is 341 g/mol. The first kappa shape index (κ1) is 16.5. The smallest absolute Gasteiger partial charge is 0.241 e. The molecule has 2 aromatic heterocycles. The fourth-order valence-corrected chi connectivity index (χ4v) is 3.02. The molecule has 3 aromatic rings. The normalized spacial score (nSPS) is 15.8. The minimum atomic E-state index is -0.383. The number of aromatic amines is 1. The zero-order valence-corrected chi connectivity index (χ0v) is 14.5. The summed E-state index contributed by atoms with van der Waals surface area (Å²) in [6.45, 7) is 2.13. The van der Waals surface area contributed by atoms with E-state index in [0.717, 1.165) is 6.54 Å². The number of benzene rings is 1. The Bertz CT molecular complexity index is 967. The van der Waals surface area contributed by atoms with Gasteiger partial charge in [-0.1, -0.05) is 5.16 Å². The Hall–Kier alpha value is -2.94. The van der Waals surface area contributed by atoms with Crippen molar-refractivity contribution in [1.82, 2.24) is 24.9 Å². The average molecular weight is 359 g/mol. The molecule has 0 aliphatic carbocycles. The summed E-state index contributed by atoms with van der Waals surface area (Å²) in [6, 6.07) is 4.64. The van der Waals surface area contributed by atoms with Crippen LogP contribution in [0.15, 0.2) is 22.7 Å². The number of aromatic nitrogens is 3. The highest BCUT2D eigenvalue weighted by molar-refractivity contribution is 5.90. The minimum Gasteiger partial charge on any atom is -0.496 e. The average Bonchev–Trinajstić information content (AvgIpc) is 3.26. The zero-order valence-electron chi connectivity index (χ0n) is 14.5. The monoisotopic (exact) mass is 359 g/mol. The maximum atomic E-state index is 14.0. The third-order valence-corrected chi connectivity index (χ3v) is 4.53. The second-order valence-electron chi connectivity index (χ2n) is 6.26. The molecule has 1 N–H and O–H groups in total. The highest BCUT2D eigenvalue weighted by atomic mass is 19.1. The van der Waals surface area contributed by atoms with Gasteiger partial charge in [-0.2, -0.15) is 4.98 Å². The van der Waals surface area contributed by atoms with E-state index in [9.17, 15) is 9.18 Å². The predicted octanol–water partition coefficient (Wildman–Crippen LogP) is 1.64. The minimum absolute atomic E-state index is 0.0641. The Morgan fingerprint density at radius 3 is 3.00 bits per heavy atom.